The molecular weight excluding hydrogens is 975 g/mol. The average molecular weight is 1090 g/mol. The first-order valence-corrected chi connectivity index (χ1v) is 39.0. The van der Waals surface area contributed by atoms with Crippen LogP contribution in [0.1, 0.15) is 307 Å². The molecule has 2 aromatic rings. The summed E-state index contributed by atoms with van der Waals surface area (Å²) < 4.78 is 51.8. The van der Waals surface area contributed by atoms with E-state index in [1.165, 1.54) is 134 Å². The maximum absolute atomic E-state index is 15.1. The van der Waals surface area contributed by atoms with Gasteiger partial charge in [0.05, 0.1) is 0 Å². The van der Waals surface area contributed by atoms with Crippen LogP contribution < -0.4 is 0 Å². The second-order valence-electron chi connectivity index (χ2n) is 23.5. The zero-order chi connectivity index (χ0) is 54.5. The molecule has 10 heteroatoms. The monoisotopic (exact) mass is 1090 g/mol. The summed E-state index contributed by atoms with van der Waals surface area (Å²) in [5, 5.41) is 0.685. The van der Waals surface area contributed by atoms with Crippen LogP contribution in [-0.4, -0.2) is 74.2 Å². The number of carbonyl (C=O) groups is 2. The van der Waals surface area contributed by atoms with E-state index in [2.05, 4.69) is 55.4 Å². The molecule has 432 valence electrons. The van der Waals surface area contributed by atoms with Crippen LogP contribution in [0.4, 0.5) is 0 Å². The van der Waals surface area contributed by atoms with Crippen molar-refractivity contribution in [2.45, 2.75) is 291 Å². The number of benzene rings is 2. The number of unbranched alkanes of at least 4 members (excludes halogenated alkanes) is 28. The first kappa shape index (κ1) is 68.5. The maximum atomic E-state index is 15.1. The quantitative estimate of drug-likeness (QED) is 0.0399. The van der Waals surface area contributed by atoms with Gasteiger partial charge in [-0.1, -0.05) is 26.7 Å². The Morgan fingerprint density at radius 3 is 0.919 bits per heavy atom. The molecule has 0 fully saturated rings. The summed E-state index contributed by atoms with van der Waals surface area (Å²) in [6.07, 6.45) is 50.2. The van der Waals surface area contributed by atoms with Crippen LogP contribution >= 0.6 is 13.7 Å². The zero-order valence-electron chi connectivity index (χ0n) is 49.7. The van der Waals surface area contributed by atoms with Crippen LogP contribution in [0.25, 0.3) is 10.8 Å². The van der Waals surface area contributed by atoms with Gasteiger partial charge < -0.3 is 0 Å². The molecule has 0 aliphatic heterocycles. The fraction of sp³-hybridized carbons (Fsp3) is 0.812. The van der Waals surface area contributed by atoms with E-state index in [4.69, 9.17) is 9.05 Å². The van der Waals surface area contributed by atoms with Crippen LogP contribution in [0.2, 0.25) is 0 Å². The van der Waals surface area contributed by atoms with E-state index in [1.807, 2.05) is 0 Å². The first-order chi connectivity index (χ1) is 35.7. The first-order valence-electron chi connectivity index (χ1n) is 31.7. The van der Waals surface area contributed by atoms with E-state index in [0.717, 1.165) is 152 Å². The van der Waals surface area contributed by atoms with E-state index in [1.54, 1.807) is 24.3 Å². The number of fused-ring (bicyclic) bond motifs is 1. The fourth-order valence-electron chi connectivity index (χ4n) is 12.1. The summed E-state index contributed by atoms with van der Waals surface area (Å²) in [4.78, 5) is 29.7. The van der Waals surface area contributed by atoms with Gasteiger partial charge in [0.25, 0.3) is 0 Å². The van der Waals surface area contributed by atoms with Gasteiger partial charge in [0.2, 0.25) is 0 Å². The third-order valence-corrected chi connectivity index (χ3v) is 30.8. The summed E-state index contributed by atoms with van der Waals surface area (Å²) in [5.41, 5.74) is 0.474. The molecule has 0 unspecified atom stereocenters. The predicted octanol–water partition coefficient (Wildman–Crippen LogP) is 21.5. The van der Waals surface area contributed by atoms with Gasteiger partial charge in [0, 0.05) is 0 Å². The molecule has 7 nitrogen and oxygen atoms in total. The molecule has 0 aromatic heterocycles. The molecule has 0 amide bonds. The summed E-state index contributed by atoms with van der Waals surface area (Å²) in [5.74, 6) is -0.852. The molecule has 74 heavy (non-hydrogen) atoms. The van der Waals surface area contributed by atoms with Gasteiger partial charge in [0.1, 0.15) is 0 Å². The standard InChI is InChI=1S/C64H118O7P2S/c1-9-17-25-27-29-31-33-35-37-39-41-43-53-72(47-19-11-3,48-20-12-4,49-21-13-5)70-63(65)58-45-46-61-59(55-58)56-60(57-62(61)74(67,68)69)64(66)71-73(50-22-14-6,51-23-15-7,52-24-16-8)54-44-42-40-38-36-34-32-30-28-26-18-10-2/h45-46,55-57H,9-44,47-54H2,1-8H3,(H,67,68,69). The molecule has 2 aromatic carbocycles. The minimum atomic E-state index is -4.76. The van der Waals surface area contributed by atoms with Crippen molar-refractivity contribution in [1.29, 1.82) is 0 Å². The minimum absolute atomic E-state index is 0.115. The summed E-state index contributed by atoms with van der Waals surface area (Å²) in [6.45, 7) is 11.7. The molecular formula is C64H118O7P2S. The fourth-order valence-corrected chi connectivity index (χ4v) is 26.2. The Morgan fingerprint density at radius 1 is 0.365 bits per heavy atom. The SMILES string of the molecule is CCCCCCCCCCCCCCP(CCCC)(CCCC)(CCCC)OC(=O)c1ccc2c(S(=O)(=O)O)cc(C(=O)OP(CCCC)(CCCC)(CCCC)CCCCCCCCCCCCCC)cc2c1. The summed E-state index contributed by atoms with van der Waals surface area (Å²) >= 11 is 0. The Morgan fingerprint density at radius 2 is 0.622 bits per heavy atom. The Labute approximate surface area is 458 Å². The molecule has 0 saturated carbocycles. The third kappa shape index (κ3) is 24.6. The number of carbonyl (C=O) groups excluding carboxylic acids is 2. The van der Waals surface area contributed by atoms with Crippen molar-refractivity contribution in [2.75, 3.05) is 49.3 Å². The van der Waals surface area contributed by atoms with Crippen LogP contribution in [0.15, 0.2) is 35.2 Å². The van der Waals surface area contributed by atoms with Crippen LogP contribution in [0, 0.1) is 0 Å². The topological polar surface area (TPSA) is 107 Å². The van der Waals surface area contributed by atoms with E-state index in [0.29, 0.717) is 10.9 Å². The zero-order valence-corrected chi connectivity index (χ0v) is 52.3. The van der Waals surface area contributed by atoms with Gasteiger partial charge in [-0.2, -0.15) is 0 Å². The van der Waals surface area contributed by atoms with Gasteiger partial charge in [-0.15, -0.1) is 0 Å². The molecule has 0 radical (unpaired) electrons. The summed E-state index contributed by atoms with van der Waals surface area (Å²) in [7, 11) is -4.76. The molecule has 0 heterocycles. The van der Waals surface area contributed by atoms with Crippen LogP contribution in [0.3, 0.4) is 0 Å². The molecule has 1 N–H and O–H groups in total. The average Bonchev–Trinajstić information content (AvgIpc) is 3.39. The van der Waals surface area contributed by atoms with Gasteiger partial charge in [-0.05, 0) is 0 Å². The molecule has 0 saturated heterocycles. The second-order valence-corrected chi connectivity index (χ2v) is 36.3. The Bertz CT molecular complexity index is 1880. The van der Waals surface area contributed by atoms with Crippen LogP contribution in [0.5, 0.6) is 0 Å². The van der Waals surface area contributed by atoms with E-state index in [9.17, 15) is 17.8 Å². The van der Waals surface area contributed by atoms with E-state index >= 15 is 4.79 Å². The van der Waals surface area contributed by atoms with Crippen molar-refractivity contribution in [2.24, 2.45) is 0 Å². The van der Waals surface area contributed by atoms with Gasteiger partial charge in [-0.25, -0.2) is 0 Å². The predicted molar refractivity (Wildman–Crippen MR) is 329 cm³/mol. The Balaban J connectivity index is 2.56. The van der Waals surface area contributed by atoms with Crippen molar-refractivity contribution in [3.63, 3.8) is 0 Å². The number of hydrogen-bond donors (Lipinski definition) is 1. The normalized spacial score (nSPS) is 13.4. The second kappa shape index (κ2) is 38.1. The molecule has 0 atom stereocenters. The Hall–Kier alpha value is -1.59. The van der Waals surface area contributed by atoms with E-state index < -0.39 is 29.7 Å². The van der Waals surface area contributed by atoms with Gasteiger partial charge >= 0.3 is 434 Å². The molecule has 0 aliphatic rings. The molecule has 0 spiro atoms. The molecule has 0 bridgehead atoms. The Kier molecular flexibility index (Phi) is 35.3. The van der Waals surface area contributed by atoms with Crippen molar-refractivity contribution in [1.82, 2.24) is 0 Å². The van der Waals surface area contributed by atoms with E-state index in [-0.39, 0.29) is 21.8 Å². The van der Waals surface area contributed by atoms with Crippen molar-refractivity contribution in [3.05, 3.63) is 41.5 Å². The molecule has 2 rings (SSSR count). The molecule has 0 aliphatic carbocycles. The van der Waals surface area contributed by atoms with Crippen molar-refractivity contribution < 1.29 is 31.6 Å². The van der Waals surface area contributed by atoms with Gasteiger partial charge in [0.15, 0.2) is 0 Å². The van der Waals surface area contributed by atoms with Gasteiger partial charge in [-0.3, -0.25) is 0 Å². The summed E-state index contributed by atoms with van der Waals surface area (Å²) in [6, 6.07) is 8.00. The number of rotatable bonds is 49. The van der Waals surface area contributed by atoms with Crippen LogP contribution in [-0.2, 0) is 19.2 Å². The van der Waals surface area contributed by atoms with Crippen molar-refractivity contribution >= 4 is 46.5 Å². The third-order valence-electron chi connectivity index (χ3n) is 17.0. The van der Waals surface area contributed by atoms with Crippen molar-refractivity contribution in [3.8, 4) is 0 Å². The number of hydrogen-bond acceptors (Lipinski definition) is 6.